The molecule has 3 aromatic carbocycles. The van der Waals surface area contributed by atoms with E-state index >= 15 is 0 Å². The molecule has 4 heterocycles. The number of aliphatic hydroxyl groups excluding tert-OH is 1. The molecule has 0 saturated carbocycles. The number of para-hydroxylation sites is 1. The second kappa shape index (κ2) is 12.1. The molecule has 0 saturated heterocycles. The van der Waals surface area contributed by atoms with Gasteiger partial charge in [-0.05, 0) is 74.7 Å². The van der Waals surface area contributed by atoms with Crippen LogP contribution in [0.5, 0.6) is 11.5 Å². The van der Waals surface area contributed by atoms with Crippen molar-refractivity contribution in [3.05, 3.63) is 108 Å². The zero-order chi connectivity index (χ0) is 32.0. The second-order valence-corrected chi connectivity index (χ2v) is 14.8. The summed E-state index contributed by atoms with van der Waals surface area (Å²) in [4.78, 5) is 5.21. The molecular weight excluding hydrogens is 598 g/mol. The Morgan fingerprint density at radius 3 is 2.63 bits per heavy atom. The van der Waals surface area contributed by atoms with Crippen LogP contribution >= 0.6 is 0 Å². The van der Waals surface area contributed by atoms with Crippen LogP contribution in [0, 0.1) is 0 Å². The fourth-order valence-corrected chi connectivity index (χ4v) is 7.54. The van der Waals surface area contributed by atoms with Crippen molar-refractivity contribution >= 4 is 28.0 Å². The fraction of sp³-hybridized carbons (Fsp3) is 0.270. The first-order valence-corrected chi connectivity index (χ1v) is 16.5. The summed E-state index contributed by atoms with van der Waals surface area (Å²) in [7, 11) is 0. The molecule has 0 spiro atoms. The van der Waals surface area contributed by atoms with Crippen LogP contribution in [0.1, 0.15) is 55.6 Å². The SMILES string of the molecule is C=C(NCc1ccc2c(c1)OCO2)c1cc2c(c(-c3cccc(-c4cc5ccccc5o4)c3)n1)[C@@H](CCO)N([S@+]([O-])C(C)(C)C)C2. The number of benzene rings is 3. The zero-order valence-corrected chi connectivity index (χ0v) is 27.0. The summed E-state index contributed by atoms with van der Waals surface area (Å²) >= 11 is -1.30. The molecule has 0 bridgehead atoms. The Kier molecular flexibility index (Phi) is 8.02. The average molecular weight is 636 g/mol. The van der Waals surface area contributed by atoms with Gasteiger partial charge in [-0.3, -0.25) is 0 Å². The fourth-order valence-electron chi connectivity index (χ4n) is 6.14. The maximum atomic E-state index is 13.8. The van der Waals surface area contributed by atoms with Crippen molar-refractivity contribution < 1.29 is 23.6 Å². The van der Waals surface area contributed by atoms with Crippen LogP contribution in [0.4, 0.5) is 0 Å². The predicted octanol–water partition coefficient (Wildman–Crippen LogP) is 7.35. The summed E-state index contributed by atoms with van der Waals surface area (Å²) in [5.41, 5.74) is 7.86. The molecule has 0 aliphatic carbocycles. The second-order valence-electron chi connectivity index (χ2n) is 12.6. The molecule has 9 heteroatoms. The van der Waals surface area contributed by atoms with Crippen LogP contribution in [0.2, 0.25) is 0 Å². The third-order valence-electron chi connectivity index (χ3n) is 8.39. The Morgan fingerprint density at radius 2 is 1.83 bits per heavy atom. The molecule has 2 aliphatic heterocycles. The number of ether oxygens (including phenoxy) is 2. The van der Waals surface area contributed by atoms with Gasteiger partial charge in [-0.15, -0.1) is 4.31 Å². The predicted molar refractivity (Wildman–Crippen MR) is 181 cm³/mol. The minimum absolute atomic E-state index is 0.0358. The molecule has 2 aliphatic rings. The van der Waals surface area contributed by atoms with Crippen LogP contribution < -0.4 is 14.8 Å². The van der Waals surface area contributed by atoms with Gasteiger partial charge < -0.3 is 28.9 Å². The number of nitrogens with zero attached hydrogens (tertiary/aromatic N) is 2. The van der Waals surface area contributed by atoms with E-state index in [1.54, 1.807) is 0 Å². The minimum atomic E-state index is -1.30. The van der Waals surface area contributed by atoms with Crippen molar-refractivity contribution in [3.63, 3.8) is 0 Å². The van der Waals surface area contributed by atoms with Crippen molar-refractivity contribution in [3.8, 4) is 34.1 Å². The third-order valence-corrected chi connectivity index (χ3v) is 10.2. The molecular formula is C37H37N3O5S. The number of hydrogen-bond donors (Lipinski definition) is 2. The smallest absolute Gasteiger partial charge is 0.231 e. The van der Waals surface area contributed by atoms with Crippen molar-refractivity contribution in [2.24, 2.45) is 0 Å². The summed E-state index contributed by atoms with van der Waals surface area (Å²) in [6.07, 6.45) is 0.440. The van der Waals surface area contributed by atoms with Crippen molar-refractivity contribution in [1.29, 1.82) is 0 Å². The summed E-state index contributed by atoms with van der Waals surface area (Å²) in [6.45, 7) is 11.5. The van der Waals surface area contributed by atoms with Gasteiger partial charge in [-0.1, -0.05) is 49.0 Å². The Labute approximate surface area is 272 Å². The summed E-state index contributed by atoms with van der Waals surface area (Å²) in [6, 6.07) is 25.8. The Hall–Kier alpha value is -4.28. The van der Waals surface area contributed by atoms with Crippen molar-refractivity contribution in [1.82, 2.24) is 14.6 Å². The first-order chi connectivity index (χ1) is 22.2. The third kappa shape index (κ3) is 5.76. The molecule has 0 amide bonds. The van der Waals surface area contributed by atoms with Gasteiger partial charge in [0.1, 0.15) is 16.1 Å². The Balaban J connectivity index is 1.28. The van der Waals surface area contributed by atoms with Crippen LogP contribution in [-0.2, 0) is 24.5 Å². The number of furan rings is 1. The zero-order valence-electron chi connectivity index (χ0n) is 26.2. The van der Waals surface area contributed by atoms with Crippen molar-refractivity contribution in [2.45, 2.75) is 51.1 Å². The van der Waals surface area contributed by atoms with E-state index in [1.807, 2.05) is 97.9 Å². The molecule has 8 nitrogen and oxygen atoms in total. The quantitative estimate of drug-likeness (QED) is 0.162. The van der Waals surface area contributed by atoms with Crippen LogP contribution in [0.3, 0.4) is 0 Å². The number of aromatic nitrogens is 1. The molecule has 46 heavy (non-hydrogen) atoms. The molecule has 2 aromatic heterocycles. The van der Waals surface area contributed by atoms with Gasteiger partial charge in [0.2, 0.25) is 6.79 Å². The number of nitrogens with one attached hydrogen (secondary N) is 1. The van der Waals surface area contributed by atoms with E-state index in [2.05, 4.69) is 18.0 Å². The molecule has 0 radical (unpaired) electrons. The monoisotopic (exact) mass is 635 g/mol. The van der Waals surface area contributed by atoms with Gasteiger partial charge in [-0.25, -0.2) is 4.98 Å². The highest BCUT2D eigenvalue weighted by atomic mass is 32.2. The number of pyridine rings is 1. The lowest BCUT2D eigenvalue weighted by Crippen LogP contribution is -2.42. The molecule has 7 rings (SSSR count). The van der Waals surface area contributed by atoms with Gasteiger partial charge in [0.05, 0.1) is 29.7 Å². The molecule has 0 unspecified atom stereocenters. The lowest BCUT2D eigenvalue weighted by atomic mass is 9.94. The standard InChI is InChI=1S/C37H37N3O5S/c1-23(38-20-24-12-13-32-34(16-24)44-22-43-32)29-18-28-21-40(46(42)37(2,3)4)30(14-15-41)35(28)36(39-29)27-10-7-9-25(17-27)33-19-26-8-5-6-11-31(26)45-33/h5-13,16-19,30,38,41H,1,14-15,20-22H2,2-4H3/t30-,46-/m1/s1. The van der Waals surface area contributed by atoms with Crippen LogP contribution in [0.15, 0.2) is 89.9 Å². The van der Waals surface area contributed by atoms with Gasteiger partial charge in [0.15, 0.2) is 11.5 Å². The number of hydrogen-bond acceptors (Lipinski definition) is 8. The number of aliphatic hydroxyl groups is 1. The van der Waals surface area contributed by atoms with E-state index in [1.165, 1.54) is 0 Å². The summed E-state index contributed by atoms with van der Waals surface area (Å²) in [5, 5.41) is 14.6. The highest BCUT2D eigenvalue weighted by molar-refractivity contribution is 7.90. The molecule has 236 valence electrons. The first kappa shape index (κ1) is 30.4. The number of rotatable bonds is 9. The van der Waals surface area contributed by atoms with E-state index in [0.717, 1.165) is 61.7 Å². The first-order valence-electron chi connectivity index (χ1n) is 15.4. The molecule has 2 N–H and O–H groups in total. The number of fused-ring (bicyclic) bond motifs is 3. The van der Waals surface area contributed by atoms with Gasteiger partial charge in [0.25, 0.3) is 0 Å². The van der Waals surface area contributed by atoms with Gasteiger partial charge >= 0.3 is 0 Å². The van der Waals surface area contributed by atoms with Crippen LogP contribution in [-0.4, -0.2) is 37.1 Å². The van der Waals surface area contributed by atoms with E-state index in [4.69, 9.17) is 18.9 Å². The van der Waals surface area contributed by atoms with E-state index in [9.17, 15) is 9.66 Å². The maximum absolute atomic E-state index is 13.8. The lowest BCUT2D eigenvalue weighted by Gasteiger charge is -2.33. The maximum Gasteiger partial charge on any atom is 0.231 e. The Bertz CT molecular complexity index is 1900. The van der Waals surface area contributed by atoms with E-state index < -0.39 is 16.1 Å². The molecule has 5 aromatic rings. The lowest BCUT2D eigenvalue weighted by molar-refractivity contribution is 0.174. The summed E-state index contributed by atoms with van der Waals surface area (Å²) in [5.74, 6) is 2.24. The van der Waals surface area contributed by atoms with Gasteiger partial charge in [-0.2, -0.15) is 0 Å². The normalized spacial score (nSPS) is 16.5. The highest BCUT2D eigenvalue weighted by Gasteiger charge is 2.44. The highest BCUT2D eigenvalue weighted by Crippen LogP contribution is 2.46. The topological polar surface area (TPSA) is 103 Å². The molecule has 2 atom stereocenters. The van der Waals surface area contributed by atoms with Crippen molar-refractivity contribution in [2.75, 3.05) is 13.4 Å². The Morgan fingerprint density at radius 1 is 1.02 bits per heavy atom. The van der Waals surface area contributed by atoms with Gasteiger partial charge in [0, 0.05) is 46.6 Å². The molecule has 0 fully saturated rings. The van der Waals surface area contributed by atoms with E-state index in [0.29, 0.717) is 30.9 Å². The largest absolute Gasteiger partial charge is 0.597 e. The minimum Gasteiger partial charge on any atom is -0.597 e. The summed E-state index contributed by atoms with van der Waals surface area (Å²) < 4.78 is 32.6. The van der Waals surface area contributed by atoms with Crippen LogP contribution in [0.25, 0.3) is 39.2 Å². The van der Waals surface area contributed by atoms with E-state index in [-0.39, 0.29) is 19.4 Å². The average Bonchev–Trinajstić information content (AvgIpc) is 3.79.